The van der Waals surface area contributed by atoms with E-state index in [1.807, 2.05) is 6.92 Å². The minimum atomic E-state index is -0.623. The van der Waals surface area contributed by atoms with Crippen LogP contribution >= 0.6 is 0 Å². The van der Waals surface area contributed by atoms with E-state index in [2.05, 4.69) is 5.32 Å². The van der Waals surface area contributed by atoms with Crippen molar-refractivity contribution in [1.29, 1.82) is 0 Å². The second kappa shape index (κ2) is 6.37. The van der Waals surface area contributed by atoms with Gasteiger partial charge in [-0.25, -0.2) is 4.79 Å². The summed E-state index contributed by atoms with van der Waals surface area (Å²) in [7, 11) is 0. The van der Waals surface area contributed by atoms with Crippen LogP contribution in [0.2, 0.25) is 0 Å². The van der Waals surface area contributed by atoms with Crippen LogP contribution in [0.25, 0.3) is 0 Å². The van der Waals surface area contributed by atoms with Gasteiger partial charge in [0.15, 0.2) is 0 Å². The van der Waals surface area contributed by atoms with Gasteiger partial charge in [-0.1, -0.05) is 6.92 Å². The molecule has 0 aromatic heterocycles. The standard InChI is InChI=1S/C14H25NO4/c1-9-8-18-7-6-11(9)12(16)15-10(2)13(17)19-14(3,4)5/h9-11H,6-8H2,1-5H3,(H,15,16)/t9?,10-,11?/m1/s1. The molecule has 1 N–H and O–H groups in total. The van der Waals surface area contributed by atoms with Gasteiger partial charge in [-0.15, -0.1) is 0 Å². The third-order valence-electron chi connectivity index (χ3n) is 3.10. The smallest absolute Gasteiger partial charge is 0.328 e. The summed E-state index contributed by atoms with van der Waals surface area (Å²) >= 11 is 0. The van der Waals surface area contributed by atoms with E-state index in [-0.39, 0.29) is 17.7 Å². The fraction of sp³-hybridized carbons (Fsp3) is 0.857. The SMILES string of the molecule is CC1COCCC1C(=O)N[C@H](C)C(=O)OC(C)(C)C. The second-order valence-electron chi connectivity index (χ2n) is 6.21. The lowest BCUT2D eigenvalue weighted by Gasteiger charge is -2.29. The topological polar surface area (TPSA) is 64.6 Å². The molecule has 0 aromatic carbocycles. The zero-order chi connectivity index (χ0) is 14.6. The maximum absolute atomic E-state index is 12.1. The highest BCUT2D eigenvalue weighted by atomic mass is 16.6. The summed E-state index contributed by atoms with van der Waals surface area (Å²) in [5.41, 5.74) is -0.540. The van der Waals surface area contributed by atoms with Gasteiger partial charge in [0.1, 0.15) is 11.6 Å². The molecule has 0 aliphatic carbocycles. The van der Waals surface area contributed by atoms with Crippen molar-refractivity contribution in [3.8, 4) is 0 Å². The van der Waals surface area contributed by atoms with Gasteiger partial charge in [-0.05, 0) is 40.0 Å². The van der Waals surface area contributed by atoms with E-state index in [0.29, 0.717) is 19.6 Å². The van der Waals surface area contributed by atoms with Crippen LogP contribution < -0.4 is 5.32 Å². The number of nitrogens with one attached hydrogen (secondary N) is 1. The highest BCUT2D eigenvalue weighted by Gasteiger charge is 2.31. The zero-order valence-corrected chi connectivity index (χ0v) is 12.5. The average molecular weight is 271 g/mol. The van der Waals surface area contributed by atoms with Gasteiger partial charge < -0.3 is 14.8 Å². The third-order valence-corrected chi connectivity index (χ3v) is 3.10. The first-order chi connectivity index (χ1) is 8.70. The Balaban J connectivity index is 2.49. The first-order valence-electron chi connectivity index (χ1n) is 6.81. The molecule has 110 valence electrons. The molecular weight excluding hydrogens is 246 g/mol. The molecule has 5 nitrogen and oxygen atoms in total. The number of ether oxygens (including phenoxy) is 2. The van der Waals surface area contributed by atoms with Crippen LogP contribution in [0.1, 0.15) is 41.0 Å². The highest BCUT2D eigenvalue weighted by Crippen LogP contribution is 2.21. The molecule has 3 atom stereocenters. The van der Waals surface area contributed by atoms with Gasteiger partial charge in [0.25, 0.3) is 0 Å². The number of hydrogen-bond donors (Lipinski definition) is 1. The molecule has 1 aliphatic heterocycles. The van der Waals surface area contributed by atoms with E-state index < -0.39 is 17.6 Å². The van der Waals surface area contributed by atoms with Crippen molar-refractivity contribution in [2.75, 3.05) is 13.2 Å². The Kier molecular flexibility index (Phi) is 5.35. The van der Waals surface area contributed by atoms with Crippen molar-refractivity contribution in [1.82, 2.24) is 5.32 Å². The second-order valence-corrected chi connectivity index (χ2v) is 6.21. The van der Waals surface area contributed by atoms with Gasteiger partial charge in [-0.3, -0.25) is 4.79 Å². The maximum atomic E-state index is 12.1. The molecular formula is C14H25NO4. The largest absolute Gasteiger partial charge is 0.458 e. The molecule has 1 aliphatic rings. The molecule has 1 saturated heterocycles. The molecule has 2 unspecified atom stereocenters. The summed E-state index contributed by atoms with van der Waals surface area (Å²) in [5, 5.41) is 2.73. The van der Waals surface area contributed by atoms with Crippen molar-refractivity contribution in [2.45, 2.75) is 52.7 Å². The minimum Gasteiger partial charge on any atom is -0.458 e. The lowest BCUT2D eigenvalue weighted by atomic mass is 9.89. The molecule has 1 heterocycles. The van der Waals surface area contributed by atoms with Crippen molar-refractivity contribution in [3.63, 3.8) is 0 Å². The number of carbonyl (C=O) groups excluding carboxylic acids is 2. The predicted octanol–water partition coefficient (Wildman–Crippen LogP) is 1.51. The molecule has 5 heteroatoms. The Morgan fingerprint density at radius 3 is 2.53 bits per heavy atom. The summed E-state index contributed by atoms with van der Waals surface area (Å²) in [5.74, 6) is -0.395. The third kappa shape index (κ3) is 5.19. The number of carbonyl (C=O) groups is 2. The monoisotopic (exact) mass is 271 g/mol. The first-order valence-corrected chi connectivity index (χ1v) is 6.81. The normalized spacial score (nSPS) is 25.5. The van der Waals surface area contributed by atoms with Gasteiger partial charge in [-0.2, -0.15) is 0 Å². The van der Waals surface area contributed by atoms with Crippen molar-refractivity contribution in [3.05, 3.63) is 0 Å². The summed E-state index contributed by atoms with van der Waals surface area (Å²) < 4.78 is 10.5. The van der Waals surface area contributed by atoms with Crippen LogP contribution in [-0.4, -0.2) is 36.7 Å². The van der Waals surface area contributed by atoms with Gasteiger partial charge >= 0.3 is 5.97 Å². The van der Waals surface area contributed by atoms with Crippen LogP contribution in [0.15, 0.2) is 0 Å². The molecule has 19 heavy (non-hydrogen) atoms. The van der Waals surface area contributed by atoms with E-state index >= 15 is 0 Å². The number of hydrogen-bond acceptors (Lipinski definition) is 4. The Hall–Kier alpha value is -1.10. The summed E-state index contributed by atoms with van der Waals surface area (Å²) in [6, 6.07) is -0.623. The van der Waals surface area contributed by atoms with E-state index in [1.54, 1.807) is 27.7 Å². The Morgan fingerprint density at radius 2 is 2.00 bits per heavy atom. The molecule has 1 fully saturated rings. The van der Waals surface area contributed by atoms with E-state index in [1.165, 1.54) is 0 Å². The number of amides is 1. The molecule has 0 spiro atoms. The molecule has 0 radical (unpaired) electrons. The molecule has 0 saturated carbocycles. The number of rotatable bonds is 3. The van der Waals surface area contributed by atoms with E-state index in [4.69, 9.17) is 9.47 Å². The van der Waals surface area contributed by atoms with Crippen LogP contribution in [0, 0.1) is 11.8 Å². The summed E-state index contributed by atoms with van der Waals surface area (Å²) in [4.78, 5) is 23.9. The van der Waals surface area contributed by atoms with E-state index in [0.717, 1.165) is 0 Å². The summed E-state index contributed by atoms with van der Waals surface area (Å²) in [6.45, 7) is 10.2. The lowest BCUT2D eigenvalue weighted by Crippen LogP contribution is -2.47. The minimum absolute atomic E-state index is 0.0846. The first kappa shape index (κ1) is 16.0. The molecule has 0 bridgehead atoms. The van der Waals surface area contributed by atoms with Gasteiger partial charge in [0, 0.05) is 19.1 Å². The fourth-order valence-corrected chi connectivity index (χ4v) is 2.04. The molecule has 0 aromatic rings. The Bertz CT molecular complexity index is 335. The van der Waals surface area contributed by atoms with E-state index in [9.17, 15) is 9.59 Å². The van der Waals surface area contributed by atoms with Crippen LogP contribution in [0.4, 0.5) is 0 Å². The van der Waals surface area contributed by atoms with Crippen molar-refractivity contribution in [2.24, 2.45) is 11.8 Å². The van der Waals surface area contributed by atoms with Crippen molar-refractivity contribution < 1.29 is 19.1 Å². The molecule has 1 amide bonds. The van der Waals surface area contributed by atoms with Crippen LogP contribution in [0.3, 0.4) is 0 Å². The summed E-state index contributed by atoms with van der Waals surface area (Å²) in [6.07, 6.45) is 0.702. The van der Waals surface area contributed by atoms with Crippen molar-refractivity contribution >= 4 is 11.9 Å². The van der Waals surface area contributed by atoms with Gasteiger partial charge in [0.05, 0.1) is 0 Å². The Morgan fingerprint density at radius 1 is 1.37 bits per heavy atom. The quantitative estimate of drug-likeness (QED) is 0.790. The lowest BCUT2D eigenvalue weighted by molar-refractivity contribution is -0.158. The predicted molar refractivity (Wildman–Crippen MR) is 71.5 cm³/mol. The zero-order valence-electron chi connectivity index (χ0n) is 12.5. The number of esters is 1. The van der Waals surface area contributed by atoms with Crippen LogP contribution in [-0.2, 0) is 19.1 Å². The van der Waals surface area contributed by atoms with Gasteiger partial charge in [0.2, 0.25) is 5.91 Å². The average Bonchev–Trinajstić information content (AvgIpc) is 2.27. The molecule has 1 rings (SSSR count). The maximum Gasteiger partial charge on any atom is 0.328 e. The van der Waals surface area contributed by atoms with Crippen LogP contribution in [0.5, 0.6) is 0 Å². The Labute approximate surface area is 115 Å². The highest BCUT2D eigenvalue weighted by molar-refractivity contribution is 5.85. The fourth-order valence-electron chi connectivity index (χ4n) is 2.04.